The largest absolute Gasteiger partial charge is 0.385 e. The van der Waals surface area contributed by atoms with E-state index < -0.39 is 16.1 Å². The number of hydrogen-bond acceptors (Lipinski definition) is 3. The SMILES string of the molecule is O=S(=O)(c1ccccc1)N(C[C@@H](O)C[NH+]1CCCCC1)c1cccc2ccccc12. The van der Waals surface area contributed by atoms with E-state index >= 15 is 0 Å². The van der Waals surface area contributed by atoms with Crippen LogP contribution >= 0.6 is 0 Å². The number of rotatable bonds is 7. The van der Waals surface area contributed by atoms with Gasteiger partial charge in [0.25, 0.3) is 10.0 Å². The number of nitrogens with zero attached hydrogens (tertiary/aromatic N) is 1. The number of aliphatic hydroxyl groups is 1. The lowest BCUT2D eigenvalue weighted by Gasteiger charge is -2.30. The van der Waals surface area contributed by atoms with Crippen molar-refractivity contribution in [2.24, 2.45) is 0 Å². The average molecular weight is 426 g/mol. The molecule has 5 nitrogen and oxygen atoms in total. The summed E-state index contributed by atoms with van der Waals surface area (Å²) in [6, 6.07) is 21.9. The molecule has 0 aromatic heterocycles. The second kappa shape index (κ2) is 9.16. The molecule has 1 fully saturated rings. The molecule has 0 bridgehead atoms. The van der Waals surface area contributed by atoms with Crippen LogP contribution in [0.1, 0.15) is 19.3 Å². The van der Waals surface area contributed by atoms with Gasteiger partial charge >= 0.3 is 0 Å². The van der Waals surface area contributed by atoms with Crippen molar-refractivity contribution < 1.29 is 18.4 Å². The summed E-state index contributed by atoms with van der Waals surface area (Å²) in [5.74, 6) is 0. The van der Waals surface area contributed by atoms with Crippen molar-refractivity contribution in [3.8, 4) is 0 Å². The molecule has 1 atom stereocenters. The molecule has 0 spiro atoms. The van der Waals surface area contributed by atoms with E-state index in [2.05, 4.69) is 0 Å². The van der Waals surface area contributed by atoms with Gasteiger partial charge in [-0.25, -0.2) is 8.42 Å². The third kappa shape index (κ3) is 4.51. The van der Waals surface area contributed by atoms with Gasteiger partial charge in [-0.2, -0.15) is 0 Å². The molecular formula is C24H29N2O3S+. The molecule has 3 aromatic rings. The van der Waals surface area contributed by atoms with Crippen molar-refractivity contribution in [3.63, 3.8) is 0 Å². The van der Waals surface area contributed by atoms with Gasteiger partial charge in [0.2, 0.25) is 0 Å². The zero-order valence-corrected chi connectivity index (χ0v) is 17.9. The van der Waals surface area contributed by atoms with Crippen LogP contribution in [-0.2, 0) is 10.0 Å². The Balaban J connectivity index is 1.71. The second-order valence-electron chi connectivity index (χ2n) is 8.02. The summed E-state index contributed by atoms with van der Waals surface area (Å²) in [6.07, 6.45) is 2.83. The van der Waals surface area contributed by atoms with Crippen LogP contribution in [-0.4, -0.2) is 45.8 Å². The number of quaternary nitrogens is 1. The minimum absolute atomic E-state index is 0.0364. The Morgan fingerprint density at radius 3 is 2.30 bits per heavy atom. The lowest BCUT2D eigenvalue weighted by molar-refractivity contribution is -0.907. The first-order chi connectivity index (χ1) is 14.6. The first kappa shape index (κ1) is 20.8. The van der Waals surface area contributed by atoms with Crippen molar-refractivity contribution in [2.45, 2.75) is 30.3 Å². The first-order valence-electron chi connectivity index (χ1n) is 10.6. The van der Waals surface area contributed by atoms with Gasteiger partial charge in [-0.05, 0) is 42.8 Å². The van der Waals surface area contributed by atoms with Crippen LogP contribution < -0.4 is 9.21 Å². The lowest BCUT2D eigenvalue weighted by atomic mass is 10.1. The van der Waals surface area contributed by atoms with E-state index in [1.807, 2.05) is 42.5 Å². The molecule has 30 heavy (non-hydrogen) atoms. The van der Waals surface area contributed by atoms with Crippen molar-refractivity contribution in [2.75, 3.05) is 30.5 Å². The molecule has 4 rings (SSSR count). The van der Waals surface area contributed by atoms with Crippen molar-refractivity contribution in [1.82, 2.24) is 0 Å². The highest BCUT2D eigenvalue weighted by Crippen LogP contribution is 2.31. The maximum absolute atomic E-state index is 13.6. The summed E-state index contributed by atoms with van der Waals surface area (Å²) in [7, 11) is -3.82. The van der Waals surface area contributed by atoms with Crippen LogP contribution in [0.15, 0.2) is 77.7 Å². The normalized spacial score (nSPS) is 16.4. The monoisotopic (exact) mass is 425 g/mol. The summed E-state index contributed by atoms with van der Waals surface area (Å²) in [5, 5.41) is 12.7. The fraction of sp³-hybridized carbons (Fsp3) is 0.333. The number of piperidine rings is 1. The van der Waals surface area contributed by atoms with E-state index in [0.29, 0.717) is 12.2 Å². The van der Waals surface area contributed by atoms with Gasteiger partial charge in [0, 0.05) is 5.39 Å². The maximum Gasteiger partial charge on any atom is 0.264 e. The molecule has 0 radical (unpaired) electrons. The number of likely N-dealkylation sites (tertiary alicyclic amines) is 1. The summed E-state index contributed by atoms with van der Waals surface area (Å²) in [4.78, 5) is 1.58. The third-order valence-electron chi connectivity index (χ3n) is 5.83. The van der Waals surface area contributed by atoms with Crippen molar-refractivity contribution in [3.05, 3.63) is 72.8 Å². The van der Waals surface area contributed by atoms with E-state index in [0.717, 1.165) is 36.7 Å². The van der Waals surface area contributed by atoms with E-state index in [-0.39, 0.29) is 11.4 Å². The lowest BCUT2D eigenvalue weighted by Crippen LogP contribution is -3.14. The van der Waals surface area contributed by atoms with Crippen LogP contribution in [0.4, 0.5) is 5.69 Å². The van der Waals surface area contributed by atoms with Gasteiger partial charge in [-0.1, -0.05) is 54.6 Å². The van der Waals surface area contributed by atoms with Gasteiger partial charge < -0.3 is 10.0 Å². The quantitative estimate of drug-likeness (QED) is 0.611. The van der Waals surface area contributed by atoms with Gasteiger partial charge in [0.15, 0.2) is 0 Å². The Kier molecular flexibility index (Phi) is 6.37. The maximum atomic E-state index is 13.6. The standard InChI is InChI=1S/C24H28N2O3S/c27-21(18-25-16-7-2-8-17-25)19-26(30(28,29)22-12-3-1-4-13-22)24-15-9-11-20-10-5-6-14-23(20)24/h1,3-6,9-15,21,27H,2,7-8,16-19H2/p+1/t21-/m0/s1. The van der Waals surface area contributed by atoms with Gasteiger partial charge in [-0.3, -0.25) is 4.31 Å². The van der Waals surface area contributed by atoms with Gasteiger partial charge in [0.1, 0.15) is 12.6 Å². The predicted octanol–water partition coefficient (Wildman–Crippen LogP) is 2.46. The number of nitrogens with one attached hydrogen (secondary N) is 1. The molecule has 2 N–H and O–H groups in total. The van der Waals surface area contributed by atoms with Crippen LogP contribution in [0.2, 0.25) is 0 Å². The molecule has 6 heteroatoms. The van der Waals surface area contributed by atoms with Crippen LogP contribution in [0, 0.1) is 0 Å². The number of aliphatic hydroxyl groups excluding tert-OH is 1. The average Bonchev–Trinajstić information content (AvgIpc) is 2.78. The number of hydrogen-bond donors (Lipinski definition) is 2. The number of fused-ring (bicyclic) bond motifs is 1. The summed E-state index contributed by atoms with van der Waals surface area (Å²) in [6.45, 7) is 2.67. The van der Waals surface area contributed by atoms with E-state index in [4.69, 9.17) is 0 Å². The Morgan fingerprint density at radius 2 is 1.53 bits per heavy atom. The van der Waals surface area contributed by atoms with Crippen LogP contribution in [0.25, 0.3) is 10.8 Å². The zero-order chi connectivity index (χ0) is 21.0. The summed E-state index contributed by atoms with van der Waals surface area (Å²) in [5.41, 5.74) is 0.602. The van der Waals surface area contributed by atoms with Gasteiger partial charge in [0.05, 0.1) is 30.2 Å². The molecule has 1 aliphatic heterocycles. The fourth-order valence-corrected chi connectivity index (χ4v) is 5.86. The molecule has 0 aliphatic carbocycles. The van der Waals surface area contributed by atoms with E-state index in [9.17, 15) is 13.5 Å². The highest BCUT2D eigenvalue weighted by Gasteiger charge is 2.30. The molecule has 1 heterocycles. The topological polar surface area (TPSA) is 62.0 Å². The minimum atomic E-state index is -3.82. The number of sulfonamides is 1. The second-order valence-corrected chi connectivity index (χ2v) is 9.88. The van der Waals surface area contributed by atoms with E-state index in [1.54, 1.807) is 30.3 Å². The first-order valence-corrected chi connectivity index (χ1v) is 12.1. The van der Waals surface area contributed by atoms with Crippen LogP contribution in [0.3, 0.4) is 0 Å². The fourth-order valence-electron chi connectivity index (χ4n) is 4.32. The number of benzene rings is 3. The molecule has 1 saturated heterocycles. The zero-order valence-electron chi connectivity index (χ0n) is 17.1. The Hall–Kier alpha value is -2.41. The van der Waals surface area contributed by atoms with Crippen molar-refractivity contribution >= 4 is 26.5 Å². The predicted molar refractivity (Wildman–Crippen MR) is 120 cm³/mol. The molecule has 0 saturated carbocycles. The Morgan fingerprint density at radius 1 is 0.867 bits per heavy atom. The molecule has 1 aliphatic rings. The summed E-state index contributed by atoms with van der Waals surface area (Å²) >= 11 is 0. The molecule has 0 amide bonds. The third-order valence-corrected chi connectivity index (χ3v) is 7.62. The smallest absolute Gasteiger partial charge is 0.264 e. The number of anilines is 1. The Labute approximate surface area is 178 Å². The molecule has 0 unspecified atom stereocenters. The molecule has 3 aromatic carbocycles. The molecule has 158 valence electrons. The summed E-state index contributed by atoms with van der Waals surface area (Å²) < 4.78 is 28.6. The molecular weight excluding hydrogens is 396 g/mol. The van der Waals surface area contributed by atoms with Gasteiger partial charge in [-0.15, -0.1) is 0 Å². The minimum Gasteiger partial charge on any atom is -0.385 e. The van der Waals surface area contributed by atoms with E-state index in [1.165, 1.54) is 15.6 Å². The highest BCUT2D eigenvalue weighted by atomic mass is 32.2. The highest BCUT2D eigenvalue weighted by molar-refractivity contribution is 7.92. The van der Waals surface area contributed by atoms with Crippen molar-refractivity contribution in [1.29, 1.82) is 0 Å². The Bertz CT molecular complexity index is 1070. The van der Waals surface area contributed by atoms with Crippen LogP contribution in [0.5, 0.6) is 0 Å².